The summed E-state index contributed by atoms with van der Waals surface area (Å²) in [6.07, 6.45) is 3.44. The van der Waals surface area contributed by atoms with Gasteiger partial charge in [-0.1, -0.05) is 12.1 Å². The van der Waals surface area contributed by atoms with Crippen LogP contribution in [0.2, 0.25) is 0 Å². The van der Waals surface area contributed by atoms with Gasteiger partial charge in [-0.15, -0.1) is 0 Å². The van der Waals surface area contributed by atoms with Crippen LogP contribution in [0, 0.1) is 0 Å². The molecule has 0 atom stereocenters. The van der Waals surface area contributed by atoms with Gasteiger partial charge in [-0.25, -0.2) is 0 Å². The summed E-state index contributed by atoms with van der Waals surface area (Å²) in [6, 6.07) is 13.4. The Morgan fingerprint density at radius 2 is 1.79 bits per heavy atom. The molecule has 1 amide bonds. The van der Waals surface area contributed by atoms with Crippen LogP contribution in [0.4, 0.5) is 11.4 Å². The van der Waals surface area contributed by atoms with Crippen LogP contribution in [-0.2, 0) is 11.2 Å². The van der Waals surface area contributed by atoms with E-state index in [4.69, 9.17) is 4.74 Å². The van der Waals surface area contributed by atoms with E-state index in [1.807, 2.05) is 24.1 Å². The molecule has 1 saturated heterocycles. The lowest BCUT2D eigenvalue weighted by atomic mass is 9.99. The maximum atomic E-state index is 12.2. The Labute approximate surface area is 199 Å². The van der Waals surface area contributed by atoms with Crippen LogP contribution < -0.4 is 20.1 Å². The van der Waals surface area contributed by atoms with Crippen LogP contribution in [0.1, 0.15) is 24.8 Å². The summed E-state index contributed by atoms with van der Waals surface area (Å²) in [4.78, 5) is 37.6. The van der Waals surface area contributed by atoms with Crippen molar-refractivity contribution in [3.63, 3.8) is 0 Å². The lowest BCUT2D eigenvalue weighted by Crippen LogP contribution is -2.47. The second kappa shape index (κ2) is 9.85. The molecule has 2 aliphatic heterocycles. The zero-order chi connectivity index (χ0) is 23.5. The SMILES string of the molecule is CN1C(=O)CCc2cccc(N3CCN(CCCCOc4ccc5ccc(=O)[nH]c5n4)CC3)c21. The van der Waals surface area contributed by atoms with E-state index in [1.54, 1.807) is 6.07 Å². The lowest BCUT2D eigenvalue weighted by Gasteiger charge is -2.39. The Hall–Kier alpha value is -3.39. The zero-order valence-corrected chi connectivity index (χ0v) is 19.6. The third-order valence-electron chi connectivity index (χ3n) is 6.80. The number of hydrogen-bond acceptors (Lipinski definition) is 6. The number of aryl methyl sites for hydroxylation is 1. The Morgan fingerprint density at radius 1 is 0.971 bits per heavy atom. The molecule has 3 aromatic rings. The van der Waals surface area contributed by atoms with Crippen LogP contribution in [0.15, 0.2) is 47.3 Å². The normalized spacial score (nSPS) is 16.7. The fourth-order valence-corrected chi connectivity index (χ4v) is 4.87. The smallest absolute Gasteiger partial charge is 0.249 e. The summed E-state index contributed by atoms with van der Waals surface area (Å²) in [7, 11) is 1.90. The van der Waals surface area contributed by atoms with Crippen molar-refractivity contribution in [2.24, 2.45) is 0 Å². The number of fused-ring (bicyclic) bond motifs is 2. The van der Waals surface area contributed by atoms with Crippen molar-refractivity contribution >= 4 is 28.3 Å². The van der Waals surface area contributed by atoms with Gasteiger partial charge in [0.2, 0.25) is 17.3 Å². The van der Waals surface area contributed by atoms with Crippen LogP contribution in [0.3, 0.4) is 0 Å². The summed E-state index contributed by atoms with van der Waals surface area (Å²) < 4.78 is 5.80. The highest BCUT2D eigenvalue weighted by molar-refractivity contribution is 5.99. The number of aromatic amines is 1. The van der Waals surface area contributed by atoms with Gasteiger partial charge < -0.3 is 19.5 Å². The molecule has 1 fully saturated rings. The molecular formula is C26H31N5O3. The van der Waals surface area contributed by atoms with Crippen LogP contribution in [0.5, 0.6) is 5.88 Å². The van der Waals surface area contributed by atoms with Gasteiger partial charge in [-0.3, -0.25) is 14.5 Å². The number of H-pyrrole nitrogens is 1. The van der Waals surface area contributed by atoms with E-state index in [0.29, 0.717) is 24.6 Å². The first kappa shape index (κ1) is 22.4. The molecule has 1 aromatic carbocycles. The topological polar surface area (TPSA) is 81.8 Å². The van der Waals surface area contributed by atoms with Crippen LogP contribution in [0.25, 0.3) is 11.0 Å². The average molecular weight is 462 g/mol. The number of hydrogen-bond donors (Lipinski definition) is 1. The van der Waals surface area contributed by atoms with Crippen LogP contribution in [-0.4, -0.2) is 67.2 Å². The number of carbonyl (C=O) groups excluding carboxylic acids is 1. The molecule has 0 radical (unpaired) electrons. The first-order valence-corrected chi connectivity index (χ1v) is 12.1. The predicted molar refractivity (Wildman–Crippen MR) is 134 cm³/mol. The maximum Gasteiger partial charge on any atom is 0.249 e. The third kappa shape index (κ3) is 4.77. The van der Waals surface area contributed by atoms with Crippen molar-refractivity contribution in [3.05, 3.63) is 58.4 Å². The number of nitrogens with one attached hydrogen (secondary N) is 1. The monoisotopic (exact) mass is 461 g/mol. The van der Waals surface area contributed by atoms with Crippen molar-refractivity contribution in [3.8, 4) is 5.88 Å². The fourth-order valence-electron chi connectivity index (χ4n) is 4.87. The number of piperazine rings is 1. The molecule has 0 saturated carbocycles. The van der Waals surface area contributed by atoms with Gasteiger partial charge >= 0.3 is 0 Å². The zero-order valence-electron chi connectivity index (χ0n) is 19.6. The lowest BCUT2D eigenvalue weighted by molar-refractivity contribution is -0.118. The minimum Gasteiger partial charge on any atom is -0.478 e. The molecule has 178 valence electrons. The molecule has 1 N–H and O–H groups in total. The van der Waals surface area contributed by atoms with E-state index in [0.717, 1.165) is 63.1 Å². The molecule has 2 aromatic heterocycles. The number of anilines is 2. The summed E-state index contributed by atoms with van der Waals surface area (Å²) in [5.41, 5.74) is 3.94. The Morgan fingerprint density at radius 3 is 2.65 bits per heavy atom. The summed E-state index contributed by atoms with van der Waals surface area (Å²) in [6.45, 7) is 5.61. The second-order valence-corrected chi connectivity index (χ2v) is 9.03. The highest BCUT2D eigenvalue weighted by Crippen LogP contribution is 2.36. The molecule has 0 unspecified atom stereocenters. The number of unbranched alkanes of at least 4 members (excludes halogenated alkanes) is 1. The fraction of sp³-hybridized carbons (Fsp3) is 0.423. The molecule has 0 spiro atoms. The van der Waals surface area contributed by atoms with E-state index in [1.165, 1.54) is 17.3 Å². The van der Waals surface area contributed by atoms with Gasteiger partial charge in [0.05, 0.1) is 18.0 Å². The largest absolute Gasteiger partial charge is 0.478 e. The number of benzene rings is 1. The van der Waals surface area contributed by atoms with Crippen molar-refractivity contribution in [2.45, 2.75) is 25.7 Å². The first-order valence-electron chi connectivity index (χ1n) is 12.1. The molecule has 0 bridgehead atoms. The number of ether oxygens (including phenoxy) is 1. The Balaban J connectivity index is 1.07. The highest BCUT2D eigenvalue weighted by Gasteiger charge is 2.27. The Kier molecular flexibility index (Phi) is 6.49. The molecule has 8 heteroatoms. The minimum absolute atomic E-state index is 0.162. The van der Waals surface area contributed by atoms with Gasteiger partial charge in [0.15, 0.2) is 0 Å². The average Bonchev–Trinajstić information content (AvgIpc) is 2.86. The molecule has 4 heterocycles. The summed E-state index contributed by atoms with van der Waals surface area (Å²) in [5.74, 6) is 0.741. The van der Waals surface area contributed by atoms with Crippen molar-refractivity contribution in [1.82, 2.24) is 14.9 Å². The van der Waals surface area contributed by atoms with Crippen molar-refractivity contribution in [1.29, 1.82) is 0 Å². The van der Waals surface area contributed by atoms with E-state index in [9.17, 15) is 9.59 Å². The van der Waals surface area contributed by atoms with Gasteiger partial charge in [0.1, 0.15) is 5.65 Å². The van der Waals surface area contributed by atoms with Crippen molar-refractivity contribution < 1.29 is 9.53 Å². The number of pyridine rings is 2. The van der Waals surface area contributed by atoms with E-state index in [-0.39, 0.29) is 11.5 Å². The molecular weight excluding hydrogens is 430 g/mol. The number of nitrogens with zero attached hydrogens (tertiary/aromatic N) is 4. The summed E-state index contributed by atoms with van der Waals surface area (Å²) in [5, 5.41) is 0.889. The van der Waals surface area contributed by atoms with Crippen LogP contribution >= 0.6 is 0 Å². The quantitative estimate of drug-likeness (QED) is 0.545. The first-order chi connectivity index (χ1) is 16.6. The minimum atomic E-state index is -0.162. The molecule has 5 rings (SSSR count). The molecule has 2 aliphatic rings. The number of rotatable bonds is 7. The Bertz CT molecular complexity index is 1230. The summed E-state index contributed by atoms with van der Waals surface area (Å²) >= 11 is 0. The standard InChI is InChI=1S/C26H31N5O3/c1-29-24(33)12-9-19-5-4-6-21(25(19)29)31-16-14-30(15-17-31)13-2-3-18-34-23-11-8-20-7-10-22(32)27-26(20)28-23/h4-8,10-11H,2-3,9,12-18H2,1H3,(H,27,28,32). The highest BCUT2D eigenvalue weighted by atomic mass is 16.5. The maximum absolute atomic E-state index is 12.2. The molecule has 8 nitrogen and oxygen atoms in total. The van der Waals surface area contributed by atoms with E-state index < -0.39 is 0 Å². The molecule has 34 heavy (non-hydrogen) atoms. The van der Waals surface area contributed by atoms with Gasteiger partial charge in [-0.2, -0.15) is 4.98 Å². The van der Waals surface area contributed by atoms with E-state index in [2.05, 4.69) is 38.0 Å². The number of carbonyl (C=O) groups is 1. The predicted octanol–water partition coefficient (Wildman–Crippen LogP) is 2.81. The van der Waals surface area contributed by atoms with Gasteiger partial charge in [0, 0.05) is 57.2 Å². The van der Waals surface area contributed by atoms with Gasteiger partial charge in [0.25, 0.3) is 0 Å². The second-order valence-electron chi connectivity index (χ2n) is 9.03. The number of amides is 1. The number of aromatic nitrogens is 2. The third-order valence-corrected chi connectivity index (χ3v) is 6.80. The van der Waals surface area contributed by atoms with E-state index >= 15 is 0 Å². The van der Waals surface area contributed by atoms with Gasteiger partial charge in [-0.05, 0) is 49.6 Å². The molecule has 0 aliphatic carbocycles. The van der Waals surface area contributed by atoms with Crippen molar-refractivity contribution in [2.75, 3.05) is 56.2 Å². The number of para-hydroxylation sites is 1.